The van der Waals surface area contributed by atoms with E-state index in [1.165, 1.54) is 0 Å². The molecule has 2 amide bonds. The molecule has 0 saturated heterocycles. The number of carbonyl (C=O) groups excluding carboxylic acids is 2. The quantitative estimate of drug-likeness (QED) is 0.683. The first-order chi connectivity index (χ1) is 14.4. The number of carbonyl (C=O) groups is 2. The van der Waals surface area contributed by atoms with Gasteiger partial charge in [-0.05, 0) is 81.8 Å². The van der Waals surface area contributed by atoms with E-state index < -0.39 is 6.10 Å². The molecule has 0 spiro atoms. The minimum atomic E-state index is -0.560. The van der Waals surface area contributed by atoms with Crippen molar-refractivity contribution >= 4 is 11.8 Å². The van der Waals surface area contributed by atoms with Crippen LogP contribution in [0.3, 0.4) is 0 Å². The van der Waals surface area contributed by atoms with Crippen molar-refractivity contribution in [3.8, 4) is 0 Å². The second kappa shape index (κ2) is 8.89. The standard InChI is InChI=1S/C25H39N3O3/c1-15(22(30)28-24(3,4)5)18-7-11-25(6)12-8-19(16(2)20(25)21(18)29)27-23(31)17-9-13-26-14-10-17/h9-10,13-16,18-21,29H,7-8,11-12H2,1-6H3,(H,27,31)(H,28,30)/t15-,16-,18-,19-,20+,21-,25+/m0/s1. The Kier molecular flexibility index (Phi) is 6.80. The van der Waals surface area contributed by atoms with Gasteiger partial charge >= 0.3 is 0 Å². The lowest BCUT2D eigenvalue weighted by Crippen LogP contribution is -2.59. The third kappa shape index (κ3) is 5.11. The fourth-order valence-electron chi connectivity index (χ4n) is 5.93. The number of aliphatic hydroxyl groups excluding tert-OH is 1. The van der Waals surface area contributed by atoms with Crippen molar-refractivity contribution in [3.63, 3.8) is 0 Å². The van der Waals surface area contributed by atoms with E-state index in [4.69, 9.17) is 0 Å². The summed E-state index contributed by atoms with van der Waals surface area (Å²) >= 11 is 0. The fraction of sp³-hybridized carbons (Fsp3) is 0.720. The summed E-state index contributed by atoms with van der Waals surface area (Å²) in [4.78, 5) is 29.5. The molecule has 2 saturated carbocycles. The minimum absolute atomic E-state index is 0.00541. The number of fused-ring (bicyclic) bond motifs is 1. The zero-order valence-corrected chi connectivity index (χ0v) is 19.8. The summed E-state index contributed by atoms with van der Waals surface area (Å²) in [6, 6.07) is 3.44. The second-order valence-corrected chi connectivity index (χ2v) is 11.1. The van der Waals surface area contributed by atoms with Crippen molar-refractivity contribution in [1.29, 1.82) is 0 Å². The van der Waals surface area contributed by atoms with Crippen molar-refractivity contribution in [2.45, 2.75) is 84.9 Å². The molecule has 31 heavy (non-hydrogen) atoms. The molecule has 0 unspecified atom stereocenters. The van der Waals surface area contributed by atoms with Crippen LogP contribution < -0.4 is 10.6 Å². The summed E-state index contributed by atoms with van der Waals surface area (Å²) in [5, 5.41) is 17.8. The van der Waals surface area contributed by atoms with Gasteiger partial charge in [0.1, 0.15) is 0 Å². The number of rotatable bonds is 4. The van der Waals surface area contributed by atoms with E-state index in [1.54, 1.807) is 24.5 Å². The Balaban J connectivity index is 1.74. The number of amides is 2. The van der Waals surface area contributed by atoms with Crippen LogP contribution in [-0.4, -0.2) is 39.6 Å². The number of pyridine rings is 1. The molecule has 0 bridgehead atoms. The number of nitrogens with one attached hydrogen (secondary N) is 2. The number of hydrogen-bond acceptors (Lipinski definition) is 4. The molecule has 2 fully saturated rings. The number of hydrogen-bond donors (Lipinski definition) is 3. The number of nitrogens with zero attached hydrogens (tertiary/aromatic N) is 1. The molecule has 1 heterocycles. The van der Waals surface area contributed by atoms with E-state index in [2.05, 4.69) is 29.5 Å². The molecule has 7 atom stereocenters. The highest BCUT2D eigenvalue weighted by Gasteiger charge is 2.54. The highest BCUT2D eigenvalue weighted by molar-refractivity contribution is 5.94. The first-order valence-corrected chi connectivity index (χ1v) is 11.6. The largest absolute Gasteiger partial charge is 0.392 e. The Hall–Kier alpha value is -1.95. The van der Waals surface area contributed by atoms with Crippen LogP contribution in [0, 0.1) is 29.1 Å². The molecule has 2 aliphatic carbocycles. The van der Waals surface area contributed by atoms with Crippen LogP contribution in [-0.2, 0) is 4.79 Å². The average Bonchev–Trinajstić information content (AvgIpc) is 2.69. The Morgan fingerprint density at radius 1 is 1.19 bits per heavy atom. The summed E-state index contributed by atoms with van der Waals surface area (Å²) in [5.74, 6) is -0.239. The summed E-state index contributed by atoms with van der Waals surface area (Å²) in [6.07, 6.45) is 6.41. The highest BCUT2D eigenvalue weighted by atomic mass is 16.3. The van der Waals surface area contributed by atoms with Gasteiger partial charge in [-0.2, -0.15) is 0 Å². The minimum Gasteiger partial charge on any atom is -0.392 e. The van der Waals surface area contributed by atoms with Crippen LogP contribution in [0.25, 0.3) is 0 Å². The van der Waals surface area contributed by atoms with E-state index in [0.29, 0.717) is 5.56 Å². The van der Waals surface area contributed by atoms with Crippen molar-refractivity contribution in [3.05, 3.63) is 30.1 Å². The number of aliphatic hydroxyl groups is 1. The molecule has 3 rings (SSSR count). The van der Waals surface area contributed by atoms with Gasteiger partial charge in [0.2, 0.25) is 5.91 Å². The van der Waals surface area contributed by atoms with Crippen LogP contribution in [0.4, 0.5) is 0 Å². The van der Waals surface area contributed by atoms with E-state index in [9.17, 15) is 14.7 Å². The molecule has 1 aromatic rings. The molecular formula is C25H39N3O3. The van der Waals surface area contributed by atoms with E-state index in [0.717, 1.165) is 25.7 Å². The molecule has 6 heteroatoms. The number of aromatic nitrogens is 1. The Morgan fingerprint density at radius 3 is 2.42 bits per heavy atom. The zero-order valence-electron chi connectivity index (χ0n) is 19.8. The molecule has 1 aromatic heterocycles. The third-order valence-corrected chi connectivity index (χ3v) is 7.70. The molecular weight excluding hydrogens is 390 g/mol. The maximum atomic E-state index is 12.8. The van der Waals surface area contributed by atoms with Crippen LogP contribution in [0.15, 0.2) is 24.5 Å². The smallest absolute Gasteiger partial charge is 0.251 e. The second-order valence-electron chi connectivity index (χ2n) is 11.1. The van der Waals surface area contributed by atoms with Gasteiger partial charge in [-0.25, -0.2) is 0 Å². The first-order valence-electron chi connectivity index (χ1n) is 11.6. The van der Waals surface area contributed by atoms with Crippen LogP contribution >= 0.6 is 0 Å². The van der Waals surface area contributed by atoms with Crippen molar-refractivity contribution in [2.75, 3.05) is 0 Å². The van der Waals surface area contributed by atoms with Gasteiger partial charge < -0.3 is 15.7 Å². The molecule has 0 aliphatic heterocycles. The summed E-state index contributed by atoms with van der Waals surface area (Å²) in [7, 11) is 0. The first kappa shape index (κ1) is 23.7. The lowest BCUT2D eigenvalue weighted by molar-refractivity contribution is -0.143. The summed E-state index contributed by atoms with van der Waals surface area (Å²) in [5.41, 5.74) is 0.345. The van der Waals surface area contributed by atoms with Gasteiger partial charge in [0.15, 0.2) is 0 Å². The summed E-state index contributed by atoms with van der Waals surface area (Å²) < 4.78 is 0. The van der Waals surface area contributed by atoms with Gasteiger partial charge in [-0.1, -0.05) is 20.8 Å². The van der Waals surface area contributed by atoms with Gasteiger partial charge in [-0.3, -0.25) is 14.6 Å². The third-order valence-electron chi connectivity index (χ3n) is 7.70. The molecule has 0 aromatic carbocycles. The Bertz CT molecular complexity index is 791. The topological polar surface area (TPSA) is 91.3 Å². The fourth-order valence-corrected chi connectivity index (χ4v) is 5.93. The predicted molar refractivity (Wildman–Crippen MR) is 121 cm³/mol. The molecule has 3 N–H and O–H groups in total. The van der Waals surface area contributed by atoms with Crippen molar-refractivity contribution < 1.29 is 14.7 Å². The van der Waals surface area contributed by atoms with Crippen LogP contribution in [0.1, 0.15) is 77.6 Å². The van der Waals surface area contributed by atoms with E-state index in [-0.39, 0.29) is 52.5 Å². The van der Waals surface area contributed by atoms with Crippen LogP contribution in [0.2, 0.25) is 0 Å². The Labute approximate surface area is 186 Å². The Morgan fingerprint density at radius 2 is 1.81 bits per heavy atom. The van der Waals surface area contributed by atoms with E-state index >= 15 is 0 Å². The lowest BCUT2D eigenvalue weighted by atomic mass is 9.51. The normalized spacial score (nSPS) is 34.4. The van der Waals surface area contributed by atoms with Gasteiger partial charge in [0, 0.05) is 35.5 Å². The highest BCUT2D eigenvalue weighted by Crippen LogP contribution is 2.55. The maximum absolute atomic E-state index is 12.8. The molecule has 0 radical (unpaired) electrons. The lowest BCUT2D eigenvalue weighted by Gasteiger charge is -2.56. The van der Waals surface area contributed by atoms with Gasteiger partial charge in [-0.15, -0.1) is 0 Å². The zero-order chi connectivity index (χ0) is 23.0. The molecule has 6 nitrogen and oxygen atoms in total. The molecule has 172 valence electrons. The van der Waals surface area contributed by atoms with Gasteiger partial charge in [0.25, 0.3) is 5.91 Å². The monoisotopic (exact) mass is 429 g/mol. The van der Waals surface area contributed by atoms with E-state index in [1.807, 2.05) is 27.7 Å². The van der Waals surface area contributed by atoms with Crippen molar-refractivity contribution in [2.24, 2.45) is 29.1 Å². The van der Waals surface area contributed by atoms with Crippen molar-refractivity contribution in [1.82, 2.24) is 15.6 Å². The predicted octanol–water partition coefficient (Wildman–Crippen LogP) is 3.55. The SMILES string of the molecule is C[C@@H]1[C@@H]2[C@@H](O)[C@H]([C@H](C)C(=O)NC(C)(C)C)CC[C@]2(C)CC[C@@H]1NC(=O)c1ccncc1. The molecule has 2 aliphatic rings. The van der Waals surface area contributed by atoms with Crippen LogP contribution in [0.5, 0.6) is 0 Å². The maximum Gasteiger partial charge on any atom is 0.251 e. The average molecular weight is 430 g/mol. The summed E-state index contributed by atoms with van der Waals surface area (Å²) in [6.45, 7) is 12.3. The van der Waals surface area contributed by atoms with Gasteiger partial charge in [0.05, 0.1) is 6.10 Å².